The fourth-order valence-corrected chi connectivity index (χ4v) is 2.59. The van der Waals surface area contributed by atoms with Crippen molar-refractivity contribution in [3.63, 3.8) is 0 Å². The van der Waals surface area contributed by atoms with Crippen molar-refractivity contribution in [1.82, 2.24) is 5.32 Å². The molecule has 0 radical (unpaired) electrons. The average Bonchev–Trinajstić information content (AvgIpc) is 2.34. The summed E-state index contributed by atoms with van der Waals surface area (Å²) in [4.78, 5) is 23.4. The number of carboxylic acid groups (broad SMARTS) is 1. The number of carboxylic acids is 1. The highest BCUT2D eigenvalue weighted by atomic mass is 16.4. The molecule has 4 heteroatoms. The van der Waals surface area contributed by atoms with Crippen molar-refractivity contribution in [3.8, 4) is 0 Å². The van der Waals surface area contributed by atoms with E-state index in [2.05, 4.69) is 26.1 Å². The van der Waals surface area contributed by atoms with E-state index in [0.717, 1.165) is 6.42 Å². The largest absolute Gasteiger partial charge is 0.479 e. The van der Waals surface area contributed by atoms with Crippen LogP contribution in [0.5, 0.6) is 0 Å². The lowest BCUT2D eigenvalue weighted by atomic mass is 9.84. The molecule has 4 nitrogen and oxygen atoms in total. The van der Waals surface area contributed by atoms with Crippen LogP contribution in [0.15, 0.2) is 30.3 Å². The molecule has 0 spiro atoms. The predicted octanol–water partition coefficient (Wildman–Crippen LogP) is 3.39. The smallest absolute Gasteiger partial charge is 0.330 e. The Hall–Kier alpha value is -1.84. The molecule has 0 aliphatic carbocycles. The van der Waals surface area contributed by atoms with E-state index < -0.39 is 12.0 Å². The van der Waals surface area contributed by atoms with Gasteiger partial charge >= 0.3 is 5.97 Å². The number of amides is 1. The third-order valence-electron chi connectivity index (χ3n) is 3.18. The van der Waals surface area contributed by atoms with Crippen LogP contribution < -0.4 is 5.32 Å². The number of nitrogens with one attached hydrogen (secondary N) is 1. The first-order valence-electron chi connectivity index (χ1n) is 7.26. The fraction of sp³-hybridized carbons (Fsp3) is 0.529. The summed E-state index contributed by atoms with van der Waals surface area (Å²) in [5.74, 6) is -1.05. The van der Waals surface area contributed by atoms with Gasteiger partial charge < -0.3 is 10.4 Å². The number of hydrogen-bond donors (Lipinski definition) is 2. The summed E-state index contributed by atoms with van der Waals surface area (Å²) < 4.78 is 0. The molecule has 0 aliphatic rings. The van der Waals surface area contributed by atoms with Gasteiger partial charge in [0.2, 0.25) is 5.91 Å². The van der Waals surface area contributed by atoms with Crippen molar-refractivity contribution in [2.75, 3.05) is 0 Å². The first-order chi connectivity index (χ1) is 9.69. The molecule has 0 heterocycles. The van der Waals surface area contributed by atoms with E-state index in [4.69, 9.17) is 0 Å². The highest BCUT2D eigenvalue weighted by Crippen LogP contribution is 2.26. The topological polar surface area (TPSA) is 66.4 Å². The van der Waals surface area contributed by atoms with Gasteiger partial charge in [-0.05, 0) is 23.3 Å². The zero-order chi connectivity index (χ0) is 16.0. The van der Waals surface area contributed by atoms with Crippen molar-refractivity contribution in [3.05, 3.63) is 35.9 Å². The van der Waals surface area contributed by atoms with Gasteiger partial charge in [-0.1, -0.05) is 58.0 Å². The summed E-state index contributed by atoms with van der Waals surface area (Å²) in [6.07, 6.45) is 1.26. The summed E-state index contributed by atoms with van der Waals surface area (Å²) in [5, 5.41) is 11.9. The molecule has 0 aliphatic heterocycles. The van der Waals surface area contributed by atoms with E-state index in [-0.39, 0.29) is 17.2 Å². The van der Waals surface area contributed by atoms with E-state index in [1.807, 2.05) is 13.0 Å². The molecule has 2 atom stereocenters. The molecule has 0 fully saturated rings. The van der Waals surface area contributed by atoms with Gasteiger partial charge in [0.25, 0.3) is 0 Å². The average molecular weight is 291 g/mol. The molecular weight excluding hydrogens is 266 g/mol. The third kappa shape index (κ3) is 6.43. The van der Waals surface area contributed by atoms with Gasteiger partial charge in [-0.25, -0.2) is 4.79 Å². The van der Waals surface area contributed by atoms with E-state index in [1.165, 1.54) is 0 Å². The van der Waals surface area contributed by atoms with Gasteiger partial charge in [0.1, 0.15) is 0 Å². The number of rotatable bonds is 6. The van der Waals surface area contributed by atoms with Gasteiger partial charge in [-0.15, -0.1) is 0 Å². The zero-order valence-corrected chi connectivity index (χ0v) is 13.2. The van der Waals surface area contributed by atoms with Gasteiger partial charge in [0, 0.05) is 6.42 Å². The van der Waals surface area contributed by atoms with Crippen LogP contribution in [-0.2, 0) is 9.59 Å². The maximum atomic E-state index is 12.1. The predicted molar refractivity (Wildman–Crippen MR) is 82.8 cm³/mol. The molecule has 21 heavy (non-hydrogen) atoms. The molecule has 2 N–H and O–H groups in total. The minimum absolute atomic E-state index is 0.158. The zero-order valence-electron chi connectivity index (χ0n) is 13.2. The lowest BCUT2D eigenvalue weighted by Crippen LogP contribution is -2.34. The molecule has 0 aromatic heterocycles. The second-order valence-corrected chi connectivity index (χ2v) is 6.82. The van der Waals surface area contributed by atoms with E-state index >= 15 is 0 Å². The maximum absolute atomic E-state index is 12.1. The Morgan fingerprint density at radius 1 is 1.19 bits per heavy atom. The molecular formula is C17H25NO3. The minimum Gasteiger partial charge on any atom is -0.479 e. The van der Waals surface area contributed by atoms with Crippen molar-refractivity contribution >= 4 is 11.9 Å². The van der Waals surface area contributed by atoms with Crippen molar-refractivity contribution in [1.29, 1.82) is 0 Å². The Balaban J connectivity index is 2.64. The Morgan fingerprint density at radius 3 is 2.24 bits per heavy atom. The Bertz CT molecular complexity index is 477. The van der Waals surface area contributed by atoms with Gasteiger partial charge in [0.05, 0.1) is 0 Å². The van der Waals surface area contributed by atoms with Crippen LogP contribution in [-0.4, -0.2) is 17.0 Å². The highest BCUT2D eigenvalue weighted by molar-refractivity contribution is 5.84. The molecule has 1 amide bonds. The monoisotopic (exact) mass is 291 g/mol. The third-order valence-corrected chi connectivity index (χ3v) is 3.18. The van der Waals surface area contributed by atoms with Crippen LogP contribution >= 0.6 is 0 Å². The molecule has 116 valence electrons. The first kappa shape index (κ1) is 17.2. The van der Waals surface area contributed by atoms with Crippen LogP contribution in [0, 0.1) is 11.3 Å². The lowest BCUT2D eigenvalue weighted by Gasteiger charge is -2.23. The molecule has 0 saturated heterocycles. The number of carbonyl (C=O) groups is 2. The van der Waals surface area contributed by atoms with Crippen LogP contribution in [0.1, 0.15) is 52.1 Å². The van der Waals surface area contributed by atoms with Gasteiger partial charge in [-0.2, -0.15) is 0 Å². The van der Waals surface area contributed by atoms with E-state index in [0.29, 0.717) is 12.0 Å². The van der Waals surface area contributed by atoms with Crippen molar-refractivity contribution in [2.45, 2.75) is 46.6 Å². The Kier molecular flexibility index (Phi) is 5.94. The van der Waals surface area contributed by atoms with Crippen LogP contribution in [0.2, 0.25) is 0 Å². The van der Waals surface area contributed by atoms with E-state index in [9.17, 15) is 14.7 Å². The summed E-state index contributed by atoms with van der Waals surface area (Å²) in [5.41, 5.74) is 0.743. The summed E-state index contributed by atoms with van der Waals surface area (Å²) in [6, 6.07) is 7.77. The van der Waals surface area contributed by atoms with Crippen LogP contribution in [0.4, 0.5) is 0 Å². The first-order valence-corrected chi connectivity index (χ1v) is 7.26. The second kappa shape index (κ2) is 7.25. The summed E-state index contributed by atoms with van der Waals surface area (Å²) in [6.45, 7) is 8.41. The van der Waals surface area contributed by atoms with Crippen LogP contribution in [0.25, 0.3) is 0 Å². The van der Waals surface area contributed by atoms with Gasteiger partial charge in [0.15, 0.2) is 6.04 Å². The van der Waals surface area contributed by atoms with E-state index in [1.54, 1.807) is 24.3 Å². The Morgan fingerprint density at radius 2 is 1.76 bits per heavy atom. The molecule has 1 aromatic rings. The summed E-state index contributed by atoms with van der Waals surface area (Å²) >= 11 is 0. The Labute approximate surface area is 126 Å². The fourth-order valence-electron chi connectivity index (χ4n) is 2.59. The number of hydrogen-bond acceptors (Lipinski definition) is 2. The highest BCUT2D eigenvalue weighted by Gasteiger charge is 2.23. The molecule has 0 saturated carbocycles. The SMILES string of the molecule is CC(CC(=O)N[C@@H](C(=O)O)c1ccccc1)CC(C)(C)C. The normalized spacial score (nSPS) is 14.3. The number of benzene rings is 1. The van der Waals surface area contributed by atoms with Crippen LogP contribution in [0.3, 0.4) is 0 Å². The molecule has 1 aromatic carbocycles. The van der Waals surface area contributed by atoms with Gasteiger partial charge in [-0.3, -0.25) is 4.79 Å². The second-order valence-electron chi connectivity index (χ2n) is 6.82. The minimum atomic E-state index is -1.04. The maximum Gasteiger partial charge on any atom is 0.330 e. The molecule has 0 bridgehead atoms. The number of aliphatic carboxylic acids is 1. The quantitative estimate of drug-likeness (QED) is 0.844. The lowest BCUT2D eigenvalue weighted by molar-refractivity contribution is -0.142. The molecule has 1 rings (SSSR count). The standard InChI is InChI=1S/C17H25NO3/c1-12(11-17(2,3)4)10-14(19)18-15(16(20)21)13-8-6-5-7-9-13/h5-9,12,15H,10-11H2,1-4H3,(H,18,19)(H,20,21)/t12?,15-/m1/s1. The van der Waals surface area contributed by atoms with Crippen molar-refractivity contribution in [2.24, 2.45) is 11.3 Å². The summed E-state index contributed by atoms with van der Waals surface area (Å²) in [7, 11) is 0. The number of carbonyl (C=O) groups excluding carboxylic acids is 1. The molecule has 1 unspecified atom stereocenters. The van der Waals surface area contributed by atoms with Crippen molar-refractivity contribution < 1.29 is 14.7 Å².